The Morgan fingerprint density at radius 2 is 2.24 bits per heavy atom. The van der Waals surface area contributed by atoms with Crippen LogP contribution in [-0.4, -0.2) is 29.0 Å². The predicted octanol–water partition coefficient (Wildman–Crippen LogP) is 3.63. The number of hydrogen-bond donors (Lipinski definition) is 1. The maximum Gasteiger partial charge on any atom is 0.125 e. The van der Waals surface area contributed by atoms with Gasteiger partial charge < -0.3 is 5.73 Å². The van der Waals surface area contributed by atoms with E-state index in [0.717, 1.165) is 40.9 Å². The third-order valence-corrected chi connectivity index (χ3v) is 5.40. The summed E-state index contributed by atoms with van der Waals surface area (Å²) in [5.41, 5.74) is 8.28. The number of rotatable bonds is 3. The van der Waals surface area contributed by atoms with Gasteiger partial charge in [0, 0.05) is 30.1 Å². The van der Waals surface area contributed by atoms with Crippen molar-refractivity contribution in [3.63, 3.8) is 0 Å². The van der Waals surface area contributed by atoms with Crippen LogP contribution in [0.15, 0.2) is 29.6 Å². The summed E-state index contributed by atoms with van der Waals surface area (Å²) in [7, 11) is 0. The van der Waals surface area contributed by atoms with Crippen LogP contribution < -0.4 is 5.73 Å². The SMILES string of the molecule is CC1CCN(Cc2csc(-c3ccccc3Cl)n2)CC1N. The van der Waals surface area contributed by atoms with Gasteiger partial charge in [-0.2, -0.15) is 0 Å². The minimum Gasteiger partial charge on any atom is -0.326 e. The van der Waals surface area contributed by atoms with Crippen LogP contribution in [0.3, 0.4) is 0 Å². The first-order valence-electron chi connectivity index (χ1n) is 7.30. The summed E-state index contributed by atoms with van der Waals surface area (Å²) in [4.78, 5) is 7.13. The Morgan fingerprint density at radius 1 is 1.43 bits per heavy atom. The zero-order valence-corrected chi connectivity index (χ0v) is 13.7. The van der Waals surface area contributed by atoms with Crippen LogP contribution in [0.5, 0.6) is 0 Å². The Kier molecular flexibility index (Phi) is 4.60. The van der Waals surface area contributed by atoms with E-state index >= 15 is 0 Å². The van der Waals surface area contributed by atoms with Gasteiger partial charge in [-0.15, -0.1) is 11.3 Å². The number of nitrogens with two attached hydrogens (primary N) is 1. The molecule has 1 saturated heterocycles. The van der Waals surface area contributed by atoms with Gasteiger partial charge in [0.2, 0.25) is 0 Å². The van der Waals surface area contributed by atoms with Gasteiger partial charge in [-0.05, 0) is 24.9 Å². The number of aromatic nitrogens is 1. The van der Waals surface area contributed by atoms with E-state index < -0.39 is 0 Å². The summed E-state index contributed by atoms with van der Waals surface area (Å²) in [5.74, 6) is 0.621. The van der Waals surface area contributed by atoms with Crippen LogP contribution in [0, 0.1) is 5.92 Å². The molecular formula is C16H20ClN3S. The number of likely N-dealkylation sites (tertiary alicyclic amines) is 1. The van der Waals surface area contributed by atoms with Crippen molar-refractivity contribution >= 4 is 22.9 Å². The minimum absolute atomic E-state index is 0.278. The van der Waals surface area contributed by atoms with E-state index in [0.29, 0.717) is 5.92 Å². The van der Waals surface area contributed by atoms with Gasteiger partial charge in [0.25, 0.3) is 0 Å². The molecule has 1 aliphatic heterocycles. The van der Waals surface area contributed by atoms with E-state index in [1.807, 2.05) is 24.3 Å². The lowest BCUT2D eigenvalue weighted by Gasteiger charge is -2.34. The second-order valence-corrected chi connectivity index (χ2v) is 7.05. The molecule has 0 radical (unpaired) electrons. The second-order valence-electron chi connectivity index (χ2n) is 5.79. The predicted molar refractivity (Wildman–Crippen MR) is 89.6 cm³/mol. The van der Waals surface area contributed by atoms with Crippen molar-refractivity contribution in [2.45, 2.75) is 25.9 Å². The maximum absolute atomic E-state index is 6.23. The number of benzene rings is 1. The van der Waals surface area contributed by atoms with E-state index in [2.05, 4.69) is 17.2 Å². The first-order valence-corrected chi connectivity index (χ1v) is 8.56. The number of hydrogen-bond acceptors (Lipinski definition) is 4. The number of nitrogens with zero attached hydrogens (tertiary/aromatic N) is 2. The van der Waals surface area contributed by atoms with Gasteiger partial charge >= 0.3 is 0 Å². The molecule has 2 atom stereocenters. The first-order chi connectivity index (χ1) is 10.1. The number of thiazole rings is 1. The summed E-state index contributed by atoms with van der Waals surface area (Å²) in [6, 6.07) is 8.14. The summed E-state index contributed by atoms with van der Waals surface area (Å²) in [6.45, 7) is 5.18. The zero-order chi connectivity index (χ0) is 14.8. The minimum atomic E-state index is 0.278. The zero-order valence-electron chi connectivity index (χ0n) is 12.1. The Balaban J connectivity index is 1.70. The Bertz CT molecular complexity index is 613. The molecule has 2 heterocycles. The monoisotopic (exact) mass is 321 g/mol. The number of piperidine rings is 1. The molecule has 3 nitrogen and oxygen atoms in total. The van der Waals surface area contributed by atoms with Crippen molar-refractivity contribution in [3.8, 4) is 10.6 Å². The lowest BCUT2D eigenvalue weighted by molar-refractivity contribution is 0.161. The van der Waals surface area contributed by atoms with Crippen LogP contribution >= 0.6 is 22.9 Å². The highest BCUT2D eigenvalue weighted by Crippen LogP contribution is 2.30. The molecule has 5 heteroatoms. The van der Waals surface area contributed by atoms with Gasteiger partial charge in [-0.25, -0.2) is 4.98 Å². The second kappa shape index (κ2) is 6.44. The molecule has 1 aliphatic rings. The third-order valence-electron chi connectivity index (χ3n) is 4.14. The molecule has 112 valence electrons. The fraction of sp³-hybridized carbons (Fsp3) is 0.438. The highest BCUT2D eigenvalue weighted by atomic mass is 35.5. The molecule has 2 N–H and O–H groups in total. The molecule has 2 unspecified atom stereocenters. The Hall–Kier alpha value is -0.940. The number of halogens is 1. The van der Waals surface area contributed by atoms with Crippen molar-refractivity contribution in [1.29, 1.82) is 0 Å². The van der Waals surface area contributed by atoms with Gasteiger partial charge in [-0.1, -0.05) is 36.7 Å². The van der Waals surface area contributed by atoms with E-state index in [9.17, 15) is 0 Å². The standard InChI is InChI=1S/C16H20ClN3S/c1-11-6-7-20(9-15(11)18)8-12-10-21-16(19-12)13-4-2-3-5-14(13)17/h2-5,10-11,15H,6-9,18H2,1H3. The molecular weight excluding hydrogens is 302 g/mol. The summed E-state index contributed by atoms with van der Waals surface area (Å²) < 4.78 is 0. The lowest BCUT2D eigenvalue weighted by atomic mass is 9.94. The molecule has 0 aliphatic carbocycles. The van der Waals surface area contributed by atoms with Gasteiger partial charge in [0.05, 0.1) is 10.7 Å². The van der Waals surface area contributed by atoms with Crippen molar-refractivity contribution in [3.05, 3.63) is 40.4 Å². The van der Waals surface area contributed by atoms with Crippen LogP contribution in [-0.2, 0) is 6.54 Å². The quantitative estimate of drug-likeness (QED) is 0.938. The molecule has 0 bridgehead atoms. The van der Waals surface area contributed by atoms with Crippen LogP contribution in [0.2, 0.25) is 5.02 Å². The van der Waals surface area contributed by atoms with Gasteiger partial charge in [-0.3, -0.25) is 4.90 Å². The van der Waals surface area contributed by atoms with Crippen molar-refractivity contribution in [2.24, 2.45) is 11.7 Å². The summed E-state index contributed by atoms with van der Waals surface area (Å²) in [5, 5.41) is 3.87. The van der Waals surface area contributed by atoms with E-state index in [-0.39, 0.29) is 6.04 Å². The maximum atomic E-state index is 6.23. The molecule has 21 heavy (non-hydrogen) atoms. The fourth-order valence-corrected chi connectivity index (χ4v) is 3.81. The molecule has 0 saturated carbocycles. The third kappa shape index (κ3) is 3.46. The molecule has 1 aromatic carbocycles. The van der Waals surface area contributed by atoms with E-state index in [1.54, 1.807) is 11.3 Å². The lowest BCUT2D eigenvalue weighted by Crippen LogP contribution is -2.47. The average Bonchev–Trinajstić information content (AvgIpc) is 2.92. The fourth-order valence-electron chi connectivity index (χ4n) is 2.68. The largest absolute Gasteiger partial charge is 0.326 e. The van der Waals surface area contributed by atoms with Gasteiger partial charge in [0.1, 0.15) is 5.01 Å². The van der Waals surface area contributed by atoms with Gasteiger partial charge in [0.15, 0.2) is 0 Å². The van der Waals surface area contributed by atoms with E-state index in [4.69, 9.17) is 22.3 Å². The van der Waals surface area contributed by atoms with Crippen LogP contribution in [0.25, 0.3) is 10.6 Å². The Labute approximate surface area is 134 Å². The highest BCUT2D eigenvalue weighted by molar-refractivity contribution is 7.13. The van der Waals surface area contributed by atoms with Crippen molar-refractivity contribution in [2.75, 3.05) is 13.1 Å². The summed E-state index contributed by atoms with van der Waals surface area (Å²) in [6.07, 6.45) is 1.17. The van der Waals surface area contributed by atoms with Crippen molar-refractivity contribution < 1.29 is 0 Å². The molecule has 0 amide bonds. The Morgan fingerprint density at radius 3 is 3.00 bits per heavy atom. The topological polar surface area (TPSA) is 42.2 Å². The van der Waals surface area contributed by atoms with Crippen LogP contribution in [0.1, 0.15) is 19.0 Å². The first kappa shape index (κ1) is 15.0. The average molecular weight is 322 g/mol. The molecule has 1 aromatic heterocycles. The molecule has 1 fully saturated rings. The molecule has 2 aromatic rings. The molecule has 0 spiro atoms. The molecule has 3 rings (SSSR count). The normalized spacial score (nSPS) is 23.4. The smallest absolute Gasteiger partial charge is 0.125 e. The van der Waals surface area contributed by atoms with Crippen LogP contribution in [0.4, 0.5) is 0 Å². The van der Waals surface area contributed by atoms with Crippen molar-refractivity contribution in [1.82, 2.24) is 9.88 Å². The summed E-state index contributed by atoms with van der Waals surface area (Å²) >= 11 is 7.89. The van der Waals surface area contributed by atoms with E-state index in [1.165, 1.54) is 6.42 Å². The highest BCUT2D eigenvalue weighted by Gasteiger charge is 2.23.